The summed E-state index contributed by atoms with van der Waals surface area (Å²) in [7, 11) is 0. The molecule has 0 radical (unpaired) electrons. The average Bonchev–Trinajstić information content (AvgIpc) is 2.92. The number of hydrogen-bond acceptors (Lipinski definition) is 4. The number of nitrogens with one attached hydrogen (secondary N) is 1. The number of aliphatic hydroxyl groups excluding tert-OH is 1. The fourth-order valence-corrected chi connectivity index (χ4v) is 2.88. The molecular weight excluding hydrogens is 256 g/mol. The molecule has 1 aliphatic rings. The Morgan fingerprint density at radius 1 is 1.40 bits per heavy atom. The molecule has 1 saturated carbocycles. The molecule has 1 fully saturated rings. The standard InChI is InChI=1S/C15H22N2O3/c18-15(9-12-4-1-2-5-12)11-16-10-13-6-3-7-14(8-13)17(19)20/h3,6-8,12,15-16,18H,1-2,4-5,9-11H2. The van der Waals surface area contributed by atoms with Crippen LogP contribution in [0.25, 0.3) is 0 Å². The summed E-state index contributed by atoms with van der Waals surface area (Å²) < 4.78 is 0. The maximum Gasteiger partial charge on any atom is 0.269 e. The van der Waals surface area contributed by atoms with E-state index in [0.717, 1.165) is 12.0 Å². The van der Waals surface area contributed by atoms with E-state index in [1.165, 1.54) is 31.7 Å². The Balaban J connectivity index is 1.72. The van der Waals surface area contributed by atoms with Gasteiger partial charge < -0.3 is 10.4 Å². The third kappa shape index (κ3) is 4.58. The molecule has 0 saturated heterocycles. The molecule has 1 unspecified atom stereocenters. The summed E-state index contributed by atoms with van der Waals surface area (Å²) in [4.78, 5) is 10.3. The van der Waals surface area contributed by atoms with Gasteiger partial charge in [-0.05, 0) is 17.9 Å². The molecule has 2 N–H and O–H groups in total. The number of non-ortho nitro benzene ring substituents is 1. The van der Waals surface area contributed by atoms with Crippen LogP contribution < -0.4 is 5.32 Å². The quantitative estimate of drug-likeness (QED) is 0.594. The van der Waals surface area contributed by atoms with Gasteiger partial charge in [0.2, 0.25) is 0 Å². The Hall–Kier alpha value is -1.46. The van der Waals surface area contributed by atoms with Crippen molar-refractivity contribution in [2.24, 2.45) is 5.92 Å². The van der Waals surface area contributed by atoms with Crippen LogP contribution in [0.4, 0.5) is 5.69 Å². The third-order valence-electron chi connectivity index (χ3n) is 3.91. The first-order valence-corrected chi connectivity index (χ1v) is 7.27. The van der Waals surface area contributed by atoms with E-state index in [4.69, 9.17) is 0 Å². The first kappa shape index (κ1) is 14.9. The summed E-state index contributed by atoms with van der Waals surface area (Å²) in [6.07, 6.45) is 5.60. The summed E-state index contributed by atoms with van der Waals surface area (Å²) in [6.45, 7) is 1.09. The monoisotopic (exact) mass is 278 g/mol. The minimum absolute atomic E-state index is 0.107. The van der Waals surface area contributed by atoms with Crippen molar-refractivity contribution in [3.63, 3.8) is 0 Å². The van der Waals surface area contributed by atoms with Gasteiger partial charge in [-0.3, -0.25) is 10.1 Å². The molecule has 0 aromatic heterocycles. The van der Waals surface area contributed by atoms with Gasteiger partial charge in [-0.2, -0.15) is 0 Å². The van der Waals surface area contributed by atoms with Gasteiger partial charge in [-0.25, -0.2) is 0 Å². The van der Waals surface area contributed by atoms with E-state index in [2.05, 4.69) is 5.32 Å². The SMILES string of the molecule is O=[N+]([O-])c1cccc(CNCC(O)CC2CCCC2)c1. The van der Waals surface area contributed by atoms with Gasteiger partial charge in [0.1, 0.15) is 0 Å². The van der Waals surface area contributed by atoms with Gasteiger partial charge in [0.05, 0.1) is 11.0 Å². The van der Waals surface area contributed by atoms with Gasteiger partial charge in [-0.1, -0.05) is 37.8 Å². The highest BCUT2D eigenvalue weighted by Crippen LogP contribution is 2.28. The largest absolute Gasteiger partial charge is 0.392 e. The Labute approximate surface area is 119 Å². The summed E-state index contributed by atoms with van der Waals surface area (Å²) in [5, 5.41) is 23.8. The van der Waals surface area contributed by atoms with Crippen LogP contribution in [0.3, 0.4) is 0 Å². The van der Waals surface area contributed by atoms with Gasteiger partial charge in [0.25, 0.3) is 5.69 Å². The number of nitro groups is 1. The summed E-state index contributed by atoms with van der Waals surface area (Å²) >= 11 is 0. The molecule has 1 aromatic rings. The van der Waals surface area contributed by atoms with Crippen LogP contribution in [-0.2, 0) is 6.54 Å². The fraction of sp³-hybridized carbons (Fsp3) is 0.600. The average molecular weight is 278 g/mol. The third-order valence-corrected chi connectivity index (χ3v) is 3.91. The van der Waals surface area contributed by atoms with Gasteiger partial charge in [0.15, 0.2) is 0 Å². The van der Waals surface area contributed by atoms with E-state index in [0.29, 0.717) is 19.0 Å². The lowest BCUT2D eigenvalue weighted by atomic mass is 10.00. The second-order valence-electron chi connectivity index (χ2n) is 5.60. The van der Waals surface area contributed by atoms with E-state index < -0.39 is 4.92 Å². The van der Waals surface area contributed by atoms with Gasteiger partial charge in [0, 0.05) is 25.2 Å². The Morgan fingerprint density at radius 3 is 2.85 bits per heavy atom. The van der Waals surface area contributed by atoms with Crippen molar-refractivity contribution in [1.82, 2.24) is 5.32 Å². The van der Waals surface area contributed by atoms with Crippen molar-refractivity contribution in [3.05, 3.63) is 39.9 Å². The summed E-state index contributed by atoms with van der Waals surface area (Å²) in [5.41, 5.74) is 0.975. The van der Waals surface area contributed by atoms with E-state index in [1.54, 1.807) is 12.1 Å². The minimum Gasteiger partial charge on any atom is -0.392 e. The van der Waals surface area contributed by atoms with Crippen molar-refractivity contribution >= 4 is 5.69 Å². The van der Waals surface area contributed by atoms with E-state index in [-0.39, 0.29) is 11.8 Å². The van der Waals surface area contributed by atoms with Crippen LogP contribution in [0.1, 0.15) is 37.7 Å². The normalized spacial score (nSPS) is 17.2. The zero-order chi connectivity index (χ0) is 14.4. The first-order chi connectivity index (χ1) is 9.65. The molecule has 5 nitrogen and oxygen atoms in total. The second kappa shape index (κ2) is 7.36. The van der Waals surface area contributed by atoms with Crippen LogP contribution >= 0.6 is 0 Å². The van der Waals surface area contributed by atoms with Crippen LogP contribution in [0, 0.1) is 16.0 Å². The van der Waals surface area contributed by atoms with E-state index >= 15 is 0 Å². The molecule has 0 aliphatic heterocycles. The Morgan fingerprint density at radius 2 is 2.15 bits per heavy atom. The molecule has 0 bridgehead atoms. The minimum atomic E-state index is -0.390. The lowest BCUT2D eigenvalue weighted by molar-refractivity contribution is -0.384. The predicted octanol–water partition coefficient (Wildman–Crippen LogP) is 2.63. The van der Waals surface area contributed by atoms with Crippen LogP contribution in [-0.4, -0.2) is 22.7 Å². The number of benzene rings is 1. The lowest BCUT2D eigenvalue weighted by Crippen LogP contribution is -2.27. The van der Waals surface area contributed by atoms with Crippen LogP contribution in [0.5, 0.6) is 0 Å². The zero-order valence-electron chi connectivity index (χ0n) is 11.6. The molecule has 1 aliphatic carbocycles. The van der Waals surface area contributed by atoms with Crippen molar-refractivity contribution < 1.29 is 10.0 Å². The molecule has 1 aromatic carbocycles. The smallest absolute Gasteiger partial charge is 0.269 e. The number of aliphatic hydroxyl groups is 1. The second-order valence-corrected chi connectivity index (χ2v) is 5.60. The molecular formula is C15H22N2O3. The number of nitro benzene ring substituents is 1. The van der Waals surface area contributed by atoms with E-state index in [1.807, 2.05) is 6.07 Å². The Bertz CT molecular complexity index is 444. The molecule has 20 heavy (non-hydrogen) atoms. The molecule has 0 heterocycles. The van der Waals surface area contributed by atoms with Crippen LogP contribution in [0.15, 0.2) is 24.3 Å². The van der Waals surface area contributed by atoms with Crippen molar-refractivity contribution in [2.75, 3.05) is 6.54 Å². The zero-order valence-corrected chi connectivity index (χ0v) is 11.6. The van der Waals surface area contributed by atoms with Gasteiger partial charge in [-0.15, -0.1) is 0 Å². The van der Waals surface area contributed by atoms with Crippen molar-refractivity contribution in [3.8, 4) is 0 Å². The number of rotatable bonds is 7. The first-order valence-electron chi connectivity index (χ1n) is 7.27. The highest BCUT2D eigenvalue weighted by Gasteiger charge is 2.18. The van der Waals surface area contributed by atoms with Gasteiger partial charge >= 0.3 is 0 Å². The Kier molecular flexibility index (Phi) is 5.49. The van der Waals surface area contributed by atoms with Crippen molar-refractivity contribution in [1.29, 1.82) is 0 Å². The van der Waals surface area contributed by atoms with Crippen molar-refractivity contribution in [2.45, 2.75) is 44.8 Å². The molecule has 5 heteroatoms. The fourth-order valence-electron chi connectivity index (χ4n) is 2.88. The number of nitrogens with zero attached hydrogens (tertiary/aromatic N) is 1. The molecule has 2 rings (SSSR count). The van der Waals surface area contributed by atoms with Crippen LogP contribution in [0.2, 0.25) is 0 Å². The maximum atomic E-state index is 10.7. The molecule has 1 atom stereocenters. The summed E-state index contributed by atoms with van der Waals surface area (Å²) in [5.74, 6) is 0.671. The summed E-state index contributed by atoms with van der Waals surface area (Å²) in [6, 6.07) is 6.59. The topological polar surface area (TPSA) is 75.4 Å². The number of hydrogen-bond donors (Lipinski definition) is 2. The molecule has 110 valence electrons. The molecule has 0 spiro atoms. The maximum absolute atomic E-state index is 10.7. The predicted molar refractivity (Wildman–Crippen MR) is 77.4 cm³/mol. The lowest BCUT2D eigenvalue weighted by Gasteiger charge is -2.15. The highest BCUT2D eigenvalue weighted by molar-refractivity contribution is 5.34. The highest BCUT2D eigenvalue weighted by atomic mass is 16.6. The van der Waals surface area contributed by atoms with E-state index in [9.17, 15) is 15.2 Å². The molecule has 0 amide bonds.